The maximum atomic E-state index is 12.2. The van der Waals surface area contributed by atoms with Crippen molar-refractivity contribution in [2.24, 2.45) is 5.92 Å². The first kappa shape index (κ1) is 16.2. The minimum absolute atomic E-state index is 0.113. The Morgan fingerprint density at radius 2 is 2.22 bits per heavy atom. The van der Waals surface area contributed by atoms with Gasteiger partial charge in [0.05, 0.1) is 11.6 Å². The van der Waals surface area contributed by atoms with Crippen molar-refractivity contribution < 1.29 is 14.3 Å². The van der Waals surface area contributed by atoms with Gasteiger partial charge in [0, 0.05) is 12.1 Å². The quantitative estimate of drug-likeness (QED) is 0.577. The van der Waals surface area contributed by atoms with Gasteiger partial charge in [-0.25, -0.2) is 0 Å². The van der Waals surface area contributed by atoms with Gasteiger partial charge >= 0.3 is 0 Å². The van der Waals surface area contributed by atoms with Gasteiger partial charge in [-0.15, -0.1) is 0 Å². The molecule has 1 aliphatic rings. The predicted octanol–water partition coefficient (Wildman–Crippen LogP) is 3.55. The molecule has 0 bridgehead atoms. The van der Waals surface area contributed by atoms with E-state index in [-0.39, 0.29) is 12.0 Å². The van der Waals surface area contributed by atoms with E-state index in [1.165, 1.54) is 6.42 Å². The van der Waals surface area contributed by atoms with Crippen LogP contribution in [0.1, 0.15) is 48.9 Å². The molecule has 6 heteroatoms. The maximum Gasteiger partial charge on any atom is 0.266 e. The van der Waals surface area contributed by atoms with Gasteiger partial charge in [-0.2, -0.15) is 0 Å². The molecule has 1 heterocycles. The second-order valence-electron chi connectivity index (χ2n) is 6.24. The number of hydrogen-bond acceptors (Lipinski definition) is 4. The van der Waals surface area contributed by atoms with Crippen molar-refractivity contribution >= 4 is 29.2 Å². The summed E-state index contributed by atoms with van der Waals surface area (Å²) < 4.78 is 5.33. The molecule has 2 aromatic rings. The van der Waals surface area contributed by atoms with Crippen LogP contribution in [0, 0.1) is 10.8 Å². The molecule has 124 valence electrons. The van der Waals surface area contributed by atoms with Gasteiger partial charge in [0.2, 0.25) is 0 Å². The summed E-state index contributed by atoms with van der Waals surface area (Å²) >= 11 is 4.94. The second kappa shape index (κ2) is 7.27. The van der Waals surface area contributed by atoms with E-state index in [0.717, 1.165) is 37.6 Å². The van der Waals surface area contributed by atoms with Crippen LogP contribution in [0.4, 0.5) is 0 Å². The summed E-state index contributed by atoms with van der Waals surface area (Å²) in [4.78, 5) is 15.4. The Morgan fingerprint density at radius 1 is 1.39 bits per heavy atom. The molecule has 1 amide bonds. The van der Waals surface area contributed by atoms with E-state index >= 15 is 0 Å². The van der Waals surface area contributed by atoms with Gasteiger partial charge in [0.1, 0.15) is 0 Å². The van der Waals surface area contributed by atoms with E-state index in [2.05, 4.69) is 10.3 Å². The van der Waals surface area contributed by atoms with Crippen molar-refractivity contribution in [3.8, 4) is 0 Å². The summed E-state index contributed by atoms with van der Waals surface area (Å²) in [7, 11) is 0. The lowest BCUT2D eigenvalue weighted by Crippen LogP contribution is -2.27. The number of aliphatic hydroxyl groups excluding tert-OH is 1. The fraction of sp³-hybridized carbons (Fsp3) is 0.529. The summed E-state index contributed by atoms with van der Waals surface area (Å²) in [6.07, 6.45) is 6.05. The first-order valence-corrected chi connectivity index (χ1v) is 8.63. The van der Waals surface area contributed by atoms with Crippen molar-refractivity contribution in [2.45, 2.75) is 44.6 Å². The van der Waals surface area contributed by atoms with E-state index in [4.69, 9.17) is 16.6 Å². The fourth-order valence-corrected chi connectivity index (χ4v) is 3.48. The van der Waals surface area contributed by atoms with Crippen LogP contribution < -0.4 is 5.32 Å². The first-order chi connectivity index (χ1) is 11.1. The van der Waals surface area contributed by atoms with Gasteiger partial charge in [0.25, 0.3) is 10.7 Å². The molecule has 0 spiro atoms. The average Bonchev–Trinajstić information content (AvgIpc) is 2.92. The molecule has 0 radical (unpaired) electrons. The number of oxazole rings is 1. The number of aromatic nitrogens is 1. The average molecular weight is 334 g/mol. The molecule has 3 N–H and O–H groups in total. The fourth-order valence-electron chi connectivity index (χ4n) is 3.28. The highest BCUT2D eigenvalue weighted by Gasteiger charge is 2.22. The number of H-pyrrole nitrogens is 1. The summed E-state index contributed by atoms with van der Waals surface area (Å²) in [5.74, 6) is 0.277. The minimum atomic E-state index is -0.162. The Balaban J connectivity index is 1.49. The van der Waals surface area contributed by atoms with Crippen LogP contribution in [-0.2, 0) is 0 Å². The summed E-state index contributed by atoms with van der Waals surface area (Å²) in [5.41, 5.74) is 1.94. The number of nitrogens with one attached hydrogen (secondary N) is 2. The summed E-state index contributed by atoms with van der Waals surface area (Å²) in [6.45, 7) is 0.622. The zero-order valence-corrected chi connectivity index (χ0v) is 13.8. The Hall–Kier alpha value is -1.66. The standard InChI is InChI=1S/C17H22N2O3S/c20-14-6-2-1-4-11(14)5-3-9-18-16(21)12-7-8-13-15(10-12)22-17(23)19-13/h7-8,10-11,14,20H,1-6,9H2,(H,18,21)(H,19,23)/t11-,14+/m1/s1. The number of aromatic amines is 1. The van der Waals surface area contributed by atoms with Crippen LogP contribution in [0.3, 0.4) is 0 Å². The largest absolute Gasteiger partial charge is 0.429 e. The number of amides is 1. The lowest BCUT2D eigenvalue weighted by atomic mass is 9.83. The monoisotopic (exact) mass is 334 g/mol. The molecule has 2 atom stereocenters. The highest BCUT2D eigenvalue weighted by molar-refractivity contribution is 7.71. The SMILES string of the molecule is O=C(NCCC[C@H]1CCCC[C@@H]1O)c1ccc2[nH]c(=S)oc2c1. The minimum Gasteiger partial charge on any atom is -0.429 e. The van der Waals surface area contributed by atoms with Gasteiger partial charge < -0.3 is 19.8 Å². The topological polar surface area (TPSA) is 78.3 Å². The van der Waals surface area contributed by atoms with Crippen LogP contribution in [-0.4, -0.2) is 28.6 Å². The molecule has 0 unspecified atom stereocenters. The van der Waals surface area contributed by atoms with Gasteiger partial charge in [-0.1, -0.05) is 12.8 Å². The third-order valence-electron chi connectivity index (χ3n) is 4.59. The molecule has 1 aliphatic carbocycles. The van der Waals surface area contributed by atoms with E-state index in [9.17, 15) is 9.90 Å². The van der Waals surface area contributed by atoms with Crippen molar-refractivity contribution in [1.82, 2.24) is 10.3 Å². The lowest BCUT2D eigenvalue weighted by Gasteiger charge is -2.27. The molecule has 0 aliphatic heterocycles. The molecule has 0 saturated heterocycles. The molecular weight excluding hydrogens is 312 g/mol. The first-order valence-electron chi connectivity index (χ1n) is 8.22. The van der Waals surface area contributed by atoms with E-state index in [0.29, 0.717) is 28.4 Å². The van der Waals surface area contributed by atoms with Crippen molar-refractivity contribution in [2.75, 3.05) is 6.54 Å². The second-order valence-corrected chi connectivity index (χ2v) is 6.61. The molecule has 3 rings (SSSR count). The number of benzene rings is 1. The third kappa shape index (κ3) is 4.00. The van der Waals surface area contributed by atoms with Crippen LogP contribution in [0.25, 0.3) is 11.1 Å². The highest BCUT2D eigenvalue weighted by atomic mass is 32.1. The van der Waals surface area contributed by atoms with E-state index in [1.807, 2.05) is 0 Å². The molecule has 1 aromatic carbocycles. The molecule has 5 nitrogen and oxygen atoms in total. The molecular formula is C17H22N2O3S. The summed E-state index contributed by atoms with van der Waals surface area (Å²) in [5, 5.41) is 12.9. The molecule has 23 heavy (non-hydrogen) atoms. The van der Waals surface area contributed by atoms with E-state index < -0.39 is 0 Å². The van der Waals surface area contributed by atoms with E-state index in [1.54, 1.807) is 18.2 Å². The normalized spacial score (nSPS) is 21.4. The Bertz CT molecular complexity index is 737. The zero-order valence-electron chi connectivity index (χ0n) is 13.0. The van der Waals surface area contributed by atoms with Gasteiger partial charge in [-0.05, 0) is 62.0 Å². The van der Waals surface area contributed by atoms with Crippen molar-refractivity contribution in [1.29, 1.82) is 0 Å². The number of aliphatic hydroxyl groups is 1. The Labute approximate surface area is 140 Å². The summed E-state index contributed by atoms with van der Waals surface area (Å²) in [6, 6.07) is 5.24. The smallest absolute Gasteiger partial charge is 0.266 e. The number of fused-ring (bicyclic) bond motifs is 1. The van der Waals surface area contributed by atoms with Crippen LogP contribution in [0.2, 0.25) is 0 Å². The molecule has 1 aromatic heterocycles. The molecule has 1 saturated carbocycles. The number of rotatable bonds is 5. The Kier molecular flexibility index (Phi) is 5.13. The number of carbonyl (C=O) groups is 1. The highest BCUT2D eigenvalue weighted by Crippen LogP contribution is 2.27. The molecule has 1 fully saturated rings. The van der Waals surface area contributed by atoms with Crippen molar-refractivity contribution in [3.05, 3.63) is 28.6 Å². The Morgan fingerprint density at radius 3 is 3.04 bits per heavy atom. The third-order valence-corrected chi connectivity index (χ3v) is 4.77. The number of hydrogen-bond donors (Lipinski definition) is 3. The van der Waals surface area contributed by atoms with Crippen LogP contribution in [0.15, 0.2) is 22.6 Å². The predicted molar refractivity (Wildman–Crippen MR) is 90.9 cm³/mol. The zero-order chi connectivity index (χ0) is 16.2. The van der Waals surface area contributed by atoms with Gasteiger partial charge in [0.15, 0.2) is 5.58 Å². The van der Waals surface area contributed by atoms with Gasteiger partial charge in [-0.3, -0.25) is 4.79 Å². The number of carbonyl (C=O) groups excluding carboxylic acids is 1. The maximum absolute atomic E-state index is 12.2. The van der Waals surface area contributed by atoms with Crippen LogP contribution >= 0.6 is 12.2 Å². The lowest BCUT2D eigenvalue weighted by molar-refractivity contribution is 0.0641. The van der Waals surface area contributed by atoms with Crippen LogP contribution in [0.5, 0.6) is 0 Å². The van der Waals surface area contributed by atoms with Crippen molar-refractivity contribution in [3.63, 3.8) is 0 Å².